The van der Waals surface area contributed by atoms with Gasteiger partial charge >= 0.3 is 5.97 Å². The van der Waals surface area contributed by atoms with Crippen molar-refractivity contribution in [1.82, 2.24) is 9.62 Å². The number of benzene rings is 1. The van der Waals surface area contributed by atoms with Crippen molar-refractivity contribution in [3.05, 3.63) is 29.5 Å². The van der Waals surface area contributed by atoms with Gasteiger partial charge in [-0.3, -0.25) is 0 Å². The van der Waals surface area contributed by atoms with Crippen molar-refractivity contribution in [2.24, 2.45) is 0 Å². The molecule has 0 spiro atoms. The zero-order valence-corrected chi connectivity index (χ0v) is 16.3. The fourth-order valence-corrected chi connectivity index (χ4v) is 5.56. The van der Waals surface area contributed by atoms with Crippen LogP contribution in [0.3, 0.4) is 0 Å². The van der Waals surface area contributed by atoms with Crippen LogP contribution in [-0.4, -0.2) is 50.5 Å². The number of rotatable bonds is 4. The minimum absolute atomic E-state index is 0.123. The molecule has 3 heterocycles. The number of nitrogens with zero attached hydrogens (tertiary/aromatic N) is 1. The summed E-state index contributed by atoms with van der Waals surface area (Å²) in [4.78, 5) is 12.3. The monoisotopic (exact) mass is 392 g/mol. The van der Waals surface area contributed by atoms with E-state index in [4.69, 9.17) is 9.15 Å². The molecular formula is C19H24N2O5S. The number of hydrogen-bond acceptors (Lipinski definition) is 6. The van der Waals surface area contributed by atoms with Gasteiger partial charge < -0.3 is 14.5 Å². The van der Waals surface area contributed by atoms with Gasteiger partial charge in [0.2, 0.25) is 15.8 Å². The summed E-state index contributed by atoms with van der Waals surface area (Å²) in [5, 5.41) is 4.12. The van der Waals surface area contributed by atoms with E-state index < -0.39 is 16.0 Å². The Morgan fingerprint density at radius 1 is 1.30 bits per heavy atom. The number of furan rings is 1. The summed E-state index contributed by atoms with van der Waals surface area (Å²) in [6.07, 6.45) is 2.96. The van der Waals surface area contributed by atoms with Gasteiger partial charge in [-0.2, -0.15) is 4.31 Å². The number of hydrogen-bond donors (Lipinski definition) is 1. The summed E-state index contributed by atoms with van der Waals surface area (Å²) < 4.78 is 38.6. The molecule has 4 rings (SSSR count). The van der Waals surface area contributed by atoms with Gasteiger partial charge in [0, 0.05) is 36.1 Å². The highest BCUT2D eigenvalue weighted by Crippen LogP contribution is 2.30. The van der Waals surface area contributed by atoms with Gasteiger partial charge in [0.25, 0.3) is 0 Å². The molecule has 0 radical (unpaired) electrons. The van der Waals surface area contributed by atoms with E-state index in [1.165, 1.54) is 0 Å². The van der Waals surface area contributed by atoms with Crippen LogP contribution in [0.1, 0.15) is 42.3 Å². The lowest BCUT2D eigenvalue weighted by Gasteiger charge is -2.23. The van der Waals surface area contributed by atoms with Gasteiger partial charge in [-0.15, -0.1) is 0 Å². The molecule has 1 aromatic carbocycles. The Hall–Kier alpha value is -1.90. The van der Waals surface area contributed by atoms with E-state index >= 15 is 0 Å². The first-order valence-electron chi connectivity index (χ1n) is 9.36. The Kier molecular flexibility index (Phi) is 4.73. The summed E-state index contributed by atoms with van der Waals surface area (Å²) in [6, 6.07) is 5.40. The maximum absolute atomic E-state index is 13.2. The SMILES string of the molecule is CCOC(=O)c1oc2ccc(S(=O)(=O)N3CCC4CCC(C3)N4)cc2c1C. The third-order valence-corrected chi connectivity index (χ3v) is 7.35. The molecule has 1 aromatic heterocycles. The van der Waals surface area contributed by atoms with Gasteiger partial charge in [-0.05, 0) is 51.3 Å². The Balaban J connectivity index is 1.68. The van der Waals surface area contributed by atoms with Crippen LogP contribution in [0.4, 0.5) is 0 Å². The maximum atomic E-state index is 13.2. The van der Waals surface area contributed by atoms with Crippen LogP contribution in [-0.2, 0) is 14.8 Å². The van der Waals surface area contributed by atoms with Crippen LogP contribution >= 0.6 is 0 Å². The summed E-state index contributed by atoms with van der Waals surface area (Å²) in [7, 11) is -3.60. The minimum atomic E-state index is -3.60. The zero-order chi connectivity index (χ0) is 19.2. The number of sulfonamides is 1. The van der Waals surface area contributed by atoms with E-state index in [2.05, 4.69) is 5.32 Å². The van der Waals surface area contributed by atoms with Crippen LogP contribution in [0.25, 0.3) is 11.0 Å². The molecule has 146 valence electrons. The molecule has 2 aliphatic rings. The molecule has 2 atom stereocenters. The Morgan fingerprint density at radius 3 is 2.85 bits per heavy atom. The first kappa shape index (κ1) is 18.5. The molecule has 2 aromatic rings. The van der Waals surface area contributed by atoms with E-state index in [1.54, 1.807) is 36.4 Å². The first-order valence-corrected chi connectivity index (χ1v) is 10.8. The second-order valence-corrected chi connectivity index (χ2v) is 9.16. The van der Waals surface area contributed by atoms with Crippen molar-refractivity contribution in [1.29, 1.82) is 0 Å². The molecule has 2 aliphatic heterocycles. The van der Waals surface area contributed by atoms with Crippen LogP contribution in [0, 0.1) is 6.92 Å². The van der Waals surface area contributed by atoms with Gasteiger partial charge in [-0.25, -0.2) is 13.2 Å². The highest BCUT2D eigenvalue weighted by atomic mass is 32.2. The second-order valence-electron chi connectivity index (χ2n) is 7.22. The fourth-order valence-electron chi connectivity index (χ4n) is 4.03. The Morgan fingerprint density at radius 2 is 2.07 bits per heavy atom. The molecule has 0 amide bonds. The molecule has 2 fully saturated rings. The molecule has 2 unspecified atom stereocenters. The average Bonchev–Trinajstić information content (AvgIpc) is 3.14. The molecule has 0 aliphatic carbocycles. The van der Waals surface area contributed by atoms with Crippen molar-refractivity contribution in [3.63, 3.8) is 0 Å². The van der Waals surface area contributed by atoms with Crippen LogP contribution in [0.15, 0.2) is 27.5 Å². The quantitative estimate of drug-likeness (QED) is 0.804. The number of esters is 1. The summed E-state index contributed by atoms with van der Waals surface area (Å²) >= 11 is 0. The van der Waals surface area contributed by atoms with Crippen molar-refractivity contribution in [2.75, 3.05) is 19.7 Å². The van der Waals surface area contributed by atoms with Gasteiger partial charge in [0.1, 0.15) is 5.58 Å². The van der Waals surface area contributed by atoms with Crippen molar-refractivity contribution < 1.29 is 22.4 Å². The maximum Gasteiger partial charge on any atom is 0.374 e. The molecule has 0 saturated carbocycles. The third-order valence-electron chi connectivity index (χ3n) is 5.49. The number of carbonyl (C=O) groups is 1. The normalized spacial score (nSPS) is 23.5. The highest BCUT2D eigenvalue weighted by molar-refractivity contribution is 7.89. The summed E-state index contributed by atoms with van der Waals surface area (Å²) in [5.41, 5.74) is 1.07. The summed E-state index contributed by atoms with van der Waals surface area (Å²) in [6.45, 7) is 4.73. The fraction of sp³-hybridized carbons (Fsp3) is 0.526. The molecular weight excluding hydrogens is 368 g/mol. The third kappa shape index (κ3) is 3.26. The Bertz CT molecular complexity index is 981. The van der Waals surface area contributed by atoms with Crippen molar-refractivity contribution in [3.8, 4) is 0 Å². The van der Waals surface area contributed by atoms with E-state index in [9.17, 15) is 13.2 Å². The van der Waals surface area contributed by atoms with Crippen molar-refractivity contribution in [2.45, 2.75) is 50.1 Å². The minimum Gasteiger partial charge on any atom is -0.460 e. The number of carbonyl (C=O) groups excluding carboxylic acids is 1. The standard InChI is InChI=1S/C19H24N2O5S/c1-3-25-19(22)18-12(2)16-10-15(6-7-17(16)26-18)27(23,24)21-9-8-13-4-5-14(11-21)20-13/h6-7,10,13-14,20H,3-5,8-9,11H2,1-2H3. The topological polar surface area (TPSA) is 88.8 Å². The second kappa shape index (κ2) is 6.92. The van der Waals surface area contributed by atoms with Crippen LogP contribution in [0.2, 0.25) is 0 Å². The number of ether oxygens (including phenoxy) is 1. The lowest BCUT2D eigenvalue weighted by atomic mass is 10.1. The zero-order valence-electron chi connectivity index (χ0n) is 15.5. The van der Waals surface area contributed by atoms with E-state index in [1.807, 2.05) is 0 Å². The first-order chi connectivity index (χ1) is 12.9. The number of nitrogens with one attached hydrogen (secondary N) is 1. The van der Waals surface area contributed by atoms with E-state index in [0.29, 0.717) is 35.7 Å². The molecule has 1 N–H and O–H groups in total. The predicted octanol–water partition coefficient (Wildman–Crippen LogP) is 2.43. The predicted molar refractivity (Wildman–Crippen MR) is 100 cm³/mol. The molecule has 27 heavy (non-hydrogen) atoms. The lowest BCUT2D eigenvalue weighted by Crippen LogP contribution is -2.39. The molecule has 2 saturated heterocycles. The molecule has 2 bridgehead atoms. The molecule has 8 heteroatoms. The van der Waals surface area contributed by atoms with Gasteiger partial charge in [-0.1, -0.05) is 0 Å². The number of fused-ring (bicyclic) bond motifs is 3. The van der Waals surface area contributed by atoms with E-state index in [0.717, 1.165) is 19.3 Å². The van der Waals surface area contributed by atoms with Gasteiger partial charge in [0.05, 0.1) is 11.5 Å². The van der Waals surface area contributed by atoms with Gasteiger partial charge in [0.15, 0.2) is 0 Å². The van der Waals surface area contributed by atoms with Crippen LogP contribution in [0.5, 0.6) is 0 Å². The lowest BCUT2D eigenvalue weighted by molar-refractivity contribution is 0.0491. The van der Waals surface area contributed by atoms with E-state index in [-0.39, 0.29) is 23.3 Å². The highest BCUT2D eigenvalue weighted by Gasteiger charge is 2.35. The molecule has 7 nitrogen and oxygen atoms in total. The smallest absolute Gasteiger partial charge is 0.374 e. The van der Waals surface area contributed by atoms with Crippen molar-refractivity contribution >= 4 is 27.0 Å². The van der Waals surface area contributed by atoms with Crippen LogP contribution < -0.4 is 5.32 Å². The average molecular weight is 392 g/mol. The summed E-state index contributed by atoms with van der Waals surface area (Å²) in [5.74, 6) is -0.414. The Labute approximate surface area is 158 Å². The largest absolute Gasteiger partial charge is 0.460 e. The number of aryl methyl sites for hydroxylation is 1.